The molecule has 0 bridgehead atoms. The van der Waals surface area contributed by atoms with Gasteiger partial charge >= 0.3 is 8.80 Å². The second-order valence-electron chi connectivity index (χ2n) is 6.19. The third-order valence-corrected chi connectivity index (χ3v) is 7.33. The fourth-order valence-electron chi connectivity index (χ4n) is 2.97. The molecule has 6 heteroatoms. The van der Waals surface area contributed by atoms with Crippen LogP contribution in [0.4, 0.5) is 0 Å². The quantitative estimate of drug-likeness (QED) is 0.349. The third kappa shape index (κ3) is 9.17. The van der Waals surface area contributed by atoms with Gasteiger partial charge in [0.25, 0.3) is 0 Å². The summed E-state index contributed by atoms with van der Waals surface area (Å²) in [6.45, 7) is 1.73. The van der Waals surface area contributed by atoms with Crippen molar-refractivity contribution in [2.75, 3.05) is 34.5 Å². The van der Waals surface area contributed by atoms with Crippen molar-refractivity contribution in [3.8, 4) is 0 Å². The standard InChI is InChI=1S/C17H36O5Si/c1-18-23(19-2,20-3)16-11-9-7-5-4-6-8-10-13-17-21-14-12-15-22-17/h17H,4-16H2,1-3H3. The minimum atomic E-state index is -2.34. The summed E-state index contributed by atoms with van der Waals surface area (Å²) < 4.78 is 27.4. The van der Waals surface area contributed by atoms with Crippen LogP contribution in [-0.4, -0.2) is 49.6 Å². The van der Waals surface area contributed by atoms with Crippen molar-refractivity contribution >= 4 is 8.80 Å². The molecule has 0 aromatic carbocycles. The normalized spacial score (nSPS) is 16.8. The van der Waals surface area contributed by atoms with Crippen molar-refractivity contribution in [2.24, 2.45) is 0 Å². The average molecular weight is 349 g/mol. The second kappa shape index (κ2) is 13.3. The Kier molecular flexibility index (Phi) is 12.2. The van der Waals surface area contributed by atoms with Gasteiger partial charge in [-0.05, 0) is 25.7 Å². The monoisotopic (exact) mass is 348 g/mol. The zero-order valence-corrected chi connectivity index (χ0v) is 16.3. The van der Waals surface area contributed by atoms with Gasteiger partial charge in [0.1, 0.15) is 0 Å². The molecule has 1 saturated heterocycles. The maximum atomic E-state index is 5.56. The molecule has 1 heterocycles. The van der Waals surface area contributed by atoms with Gasteiger partial charge in [0, 0.05) is 27.4 Å². The van der Waals surface area contributed by atoms with Crippen molar-refractivity contribution < 1.29 is 22.8 Å². The van der Waals surface area contributed by atoms with Gasteiger partial charge in [0.15, 0.2) is 6.29 Å². The molecule has 1 aliphatic rings. The van der Waals surface area contributed by atoms with E-state index >= 15 is 0 Å². The third-order valence-electron chi connectivity index (χ3n) is 4.50. The van der Waals surface area contributed by atoms with Crippen LogP contribution in [-0.2, 0) is 22.8 Å². The van der Waals surface area contributed by atoms with Crippen LogP contribution in [0.5, 0.6) is 0 Å². The van der Waals surface area contributed by atoms with Gasteiger partial charge in [-0.3, -0.25) is 0 Å². The molecule has 23 heavy (non-hydrogen) atoms. The van der Waals surface area contributed by atoms with E-state index in [0.29, 0.717) is 0 Å². The molecule has 5 nitrogen and oxygen atoms in total. The summed E-state index contributed by atoms with van der Waals surface area (Å²) in [7, 11) is 2.71. The molecular weight excluding hydrogens is 312 g/mol. The van der Waals surface area contributed by atoms with Crippen molar-refractivity contribution in [2.45, 2.75) is 76.5 Å². The summed E-state index contributed by atoms with van der Waals surface area (Å²) in [5.41, 5.74) is 0. The van der Waals surface area contributed by atoms with Crippen LogP contribution in [0, 0.1) is 0 Å². The zero-order chi connectivity index (χ0) is 16.8. The molecule has 0 radical (unpaired) electrons. The number of ether oxygens (including phenoxy) is 2. The van der Waals surface area contributed by atoms with E-state index in [0.717, 1.165) is 38.5 Å². The smallest absolute Gasteiger partial charge is 0.377 e. The Morgan fingerprint density at radius 1 is 0.739 bits per heavy atom. The number of hydrogen-bond acceptors (Lipinski definition) is 5. The Labute approximate surface area is 143 Å². The molecule has 0 amide bonds. The maximum absolute atomic E-state index is 5.56. The van der Waals surface area contributed by atoms with E-state index in [-0.39, 0.29) is 6.29 Å². The van der Waals surface area contributed by atoms with Crippen molar-refractivity contribution in [3.05, 3.63) is 0 Å². The molecule has 0 aromatic heterocycles. The van der Waals surface area contributed by atoms with Gasteiger partial charge < -0.3 is 22.8 Å². The van der Waals surface area contributed by atoms with Gasteiger partial charge in [-0.2, -0.15) is 0 Å². The first-order valence-corrected chi connectivity index (χ1v) is 11.1. The highest BCUT2D eigenvalue weighted by Crippen LogP contribution is 2.19. The van der Waals surface area contributed by atoms with Crippen LogP contribution in [0.15, 0.2) is 0 Å². The number of hydrogen-bond donors (Lipinski definition) is 0. The van der Waals surface area contributed by atoms with E-state index < -0.39 is 8.80 Å². The van der Waals surface area contributed by atoms with Gasteiger partial charge in [-0.1, -0.05) is 38.5 Å². The molecular formula is C17H36O5Si. The number of rotatable bonds is 14. The van der Waals surface area contributed by atoms with E-state index in [1.807, 2.05) is 0 Å². The summed E-state index contributed by atoms with van der Waals surface area (Å²) in [4.78, 5) is 0. The predicted octanol–water partition coefficient (Wildman–Crippen LogP) is 4.14. The summed E-state index contributed by atoms with van der Waals surface area (Å²) in [5.74, 6) is 0. The minimum absolute atomic E-state index is 0.0653. The lowest BCUT2D eigenvalue weighted by Crippen LogP contribution is -2.42. The molecule has 0 aliphatic carbocycles. The van der Waals surface area contributed by atoms with Crippen LogP contribution in [0.2, 0.25) is 6.04 Å². The Bertz CT molecular complexity index is 259. The summed E-state index contributed by atoms with van der Waals surface area (Å²) in [5, 5.41) is 0. The van der Waals surface area contributed by atoms with E-state index in [1.54, 1.807) is 21.3 Å². The largest absolute Gasteiger partial charge is 0.500 e. The van der Waals surface area contributed by atoms with E-state index in [1.165, 1.54) is 44.9 Å². The molecule has 0 spiro atoms. The first-order chi connectivity index (χ1) is 11.3. The van der Waals surface area contributed by atoms with E-state index in [2.05, 4.69) is 0 Å². The Morgan fingerprint density at radius 3 is 1.74 bits per heavy atom. The highest BCUT2D eigenvalue weighted by molar-refractivity contribution is 6.60. The molecule has 1 rings (SSSR count). The molecule has 1 fully saturated rings. The summed E-state index contributed by atoms with van der Waals surface area (Å²) >= 11 is 0. The first kappa shape index (κ1) is 21.1. The van der Waals surface area contributed by atoms with Crippen LogP contribution in [0.25, 0.3) is 0 Å². The Hall–Kier alpha value is 0.0169. The lowest BCUT2D eigenvalue weighted by atomic mass is 10.1. The number of unbranched alkanes of at least 4 members (excludes halogenated alkanes) is 7. The predicted molar refractivity (Wildman–Crippen MR) is 93.5 cm³/mol. The molecule has 0 aromatic rings. The van der Waals surface area contributed by atoms with Crippen LogP contribution in [0.3, 0.4) is 0 Å². The molecule has 138 valence electrons. The van der Waals surface area contributed by atoms with Crippen molar-refractivity contribution in [1.82, 2.24) is 0 Å². The van der Waals surface area contributed by atoms with Crippen LogP contribution >= 0.6 is 0 Å². The fourth-order valence-corrected chi connectivity index (χ4v) is 4.77. The molecule has 0 unspecified atom stereocenters. The second-order valence-corrected chi connectivity index (χ2v) is 9.28. The Balaban J connectivity index is 1.86. The van der Waals surface area contributed by atoms with Crippen molar-refractivity contribution in [1.29, 1.82) is 0 Å². The van der Waals surface area contributed by atoms with E-state index in [9.17, 15) is 0 Å². The Morgan fingerprint density at radius 2 is 1.22 bits per heavy atom. The molecule has 0 N–H and O–H groups in total. The molecule has 0 atom stereocenters. The lowest BCUT2D eigenvalue weighted by Gasteiger charge is -2.24. The SMILES string of the molecule is CO[Si](CCCCCCCCCCC1OCCCO1)(OC)OC. The van der Waals surface area contributed by atoms with Crippen LogP contribution < -0.4 is 0 Å². The van der Waals surface area contributed by atoms with Gasteiger partial charge in [0.2, 0.25) is 0 Å². The fraction of sp³-hybridized carbons (Fsp3) is 1.00. The topological polar surface area (TPSA) is 46.2 Å². The average Bonchev–Trinajstić information content (AvgIpc) is 2.61. The van der Waals surface area contributed by atoms with Gasteiger partial charge in [0.05, 0.1) is 13.2 Å². The van der Waals surface area contributed by atoms with Gasteiger partial charge in [-0.15, -0.1) is 0 Å². The first-order valence-electron chi connectivity index (χ1n) is 9.15. The van der Waals surface area contributed by atoms with E-state index in [4.69, 9.17) is 22.8 Å². The molecule has 1 aliphatic heterocycles. The highest BCUT2D eigenvalue weighted by atomic mass is 28.4. The molecule has 0 saturated carbocycles. The summed E-state index contributed by atoms with van der Waals surface area (Å²) in [6.07, 6.45) is 12.3. The van der Waals surface area contributed by atoms with Crippen molar-refractivity contribution in [3.63, 3.8) is 0 Å². The van der Waals surface area contributed by atoms with Crippen LogP contribution in [0.1, 0.15) is 64.2 Å². The summed E-state index contributed by atoms with van der Waals surface area (Å²) in [6, 6.07) is 0.915. The zero-order valence-electron chi connectivity index (χ0n) is 15.3. The lowest BCUT2D eigenvalue weighted by molar-refractivity contribution is -0.181. The maximum Gasteiger partial charge on any atom is 0.500 e. The minimum Gasteiger partial charge on any atom is -0.377 e. The van der Waals surface area contributed by atoms with Gasteiger partial charge in [-0.25, -0.2) is 0 Å². The highest BCUT2D eigenvalue weighted by Gasteiger charge is 2.36.